The predicted octanol–water partition coefficient (Wildman–Crippen LogP) is 3.59. The Balaban J connectivity index is 1.19. The average molecular weight is 480 g/mol. The number of likely N-dealkylation sites (tertiary alicyclic amines) is 1. The van der Waals surface area contributed by atoms with Gasteiger partial charge in [-0.05, 0) is 55.2 Å². The first-order valence-corrected chi connectivity index (χ1v) is 12.2. The molecule has 1 unspecified atom stereocenters. The zero-order valence-corrected chi connectivity index (χ0v) is 19.7. The number of rotatable bonds is 5. The Morgan fingerprint density at radius 1 is 0.917 bits per heavy atom. The van der Waals surface area contributed by atoms with Crippen LogP contribution in [0.3, 0.4) is 0 Å². The lowest BCUT2D eigenvalue weighted by Gasteiger charge is -2.32. The number of hydrogen-bond acceptors (Lipinski definition) is 5. The zero-order chi connectivity index (χ0) is 24.6. The van der Waals surface area contributed by atoms with E-state index in [1.165, 1.54) is 4.90 Å². The molecule has 0 saturated carbocycles. The maximum atomic E-state index is 13.4. The highest BCUT2D eigenvalue weighted by Crippen LogP contribution is 2.29. The fourth-order valence-electron chi connectivity index (χ4n) is 5.21. The number of benzene rings is 2. The third-order valence-electron chi connectivity index (χ3n) is 7.10. The summed E-state index contributed by atoms with van der Waals surface area (Å²) in [7, 11) is 0. The average Bonchev–Trinajstić information content (AvgIpc) is 3.46. The Labute approximate surface area is 208 Å². The summed E-state index contributed by atoms with van der Waals surface area (Å²) in [4.78, 5) is 42.5. The molecule has 8 nitrogen and oxygen atoms in total. The number of imide groups is 1. The van der Waals surface area contributed by atoms with Gasteiger partial charge in [0.15, 0.2) is 5.65 Å². The van der Waals surface area contributed by atoms with Gasteiger partial charge >= 0.3 is 0 Å². The SMILES string of the molecule is O=C(c1ccc2c(c1)C(=O)N(CCc1ccccc1)C2=O)N1CCCC(c2nnc3ccccn23)C1. The third kappa shape index (κ3) is 3.84. The summed E-state index contributed by atoms with van der Waals surface area (Å²) in [6.07, 6.45) is 4.31. The number of carbonyl (C=O) groups is 3. The molecule has 4 heterocycles. The van der Waals surface area contributed by atoms with Crippen LogP contribution in [0.1, 0.15) is 61.2 Å². The first kappa shape index (κ1) is 22.2. The molecular weight excluding hydrogens is 454 g/mol. The molecule has 0 spiro atoms. The maximum absolute atomic E-state index is 13.4. The van der Waals surface area contributed by atoms with E-state index in [1.54, 1.807) is 18.2 Å². The van der Waals surface area contributed by atoms with Gasteiger partial charge in [-0.2, -0.15) is 0 Å². The lowest BCUT2D eigenvalue weighted by atomic mass is 9.96. The van der Waals surface area contributed by atoms with Crippen molar-refractivity contribution in [1.82, 2.24) is 24.4 Å². The molecule has 0 bridgehead atoms. The molecular formula is C28H25N5O3. The number of carbonyl (C=O) groups excluding carboxylic acids is 3. The Kier molecular flexibility index (Phi) is 5.56. The van der Waals surface area contributed by atoms with Gasteiger partial charge in [-0.25, -0.2) is 0 Å². The summed E-state index contributed by atoms with van der Waals surface area (Å²) in [5.41, 5.74) is 2.93. The lowest BCUT2D eigenvalue weighted by Crippen LogP contribution is -2.39. The van der Waals surface area contributed by atoms with Crippen molar-refractivity contribution in [1.29, 1.82) is 0 Å². The van der Waals surface area contributed by atoms with Crippen LogP contribution in [0.25, 0.3) is 5.65 Å². The molecule has 180 valence electrons. The number of piperidine rings is 1. The fourth-order valence-corrected chi connectivity index (χ4v) is 5.21. The second-order valence-electron chi connectivity index (χ2n) is 9.34. The van der Waals surface area contributed by atoms with Gasteiger partial charge in [-0.3, -0.25) is 23.7 Å². The minimum Gasteiger partial charge on any atom is -0.338 e. The number of pyridine rings is 1. The van der Waals surface area contributed by atoms with Crippen LogP contribution >= 0.6 is 0 Å². The fraction of sp³-hybridized carbons (Fsp3) is 0.250. The molecule has 1 atom stereocenters. The van der Waals surface area contributed by atoms with Gasteiger partial charge in [0.1, 0.15) is 5.82 Å². The quantitative estimate of drug-likeness (QED) is 0.408. The number of amides is 3. The highest BCUT2D eigenvalue weighted by atomic mass is 16.2. The Morgan fingerprint density at radius 2 is 1.72 bits per heavy atom. The smallest absolute Gasteiger partial charge is 0.261 e. The van der Waals surface area contributed by atoms with Crippen molar-refractivity contribution in [2.75, 3.05) is 19.6 Å². The summed E-state index contributed by atoms with van der Waals surface area (Å²) in [5, 5.41) is 8.64. The molecule has 4 aromatic rings. The second kappa shape index (κ2) is 9.03. The summed E-state index contributed by atoms with van der Waals surface area (Å²) >= 11 is 0. The van der Waals surface area contributed by atoms with Crippen LogP contribution in [0.2, 0.25) is 0 Å². The van der Waals surface area contributed by atoms with E-state index in [9.17, 15) is 14.4 Å². The van der Waals surface area contributed by atoms with E-state index in [4.69, 9.17) is 0 Å². The van der Waals surface area contributed by atoms with Crippen molar-refractivity contribution in [2.24, 2.45) is 0 Å². The minimum absolute atomic E-state index is 0.0752. The van der Waals surface area contributed by atoms with Crippen LogP contribution in [0.15, 0.2) is 72.9 Å². The molecule has 0 N–H and O–H groups in total. The highest BCUT2D eigenvalue weighted by Gasteiger charge is 2.36. The monoisotopic (exact) mass is 479 g/mol. The topological polar surface area (TPSA) is 87.9 Å². The van der Waals surface area contributed by atoms with Gasteiger partial charge in [0.05, 0.1) is 11.1 Å². The van der Waals surface area contributed by atoms with E-state index in [0.717, 1.165) is 29.9 Å². The van der Waals surface area contributed by atoms with Gasteiger partial charge in [0.25, 0.3) is 17.7 Å². The van der Waals surface area contributed by atoms with E-state index in [1.807, 2.05) is 64.0 Å². The molecule has 1 saturated heterocycles. The van der Waals surface area contributed by atoms with Gasteiger partial charge in [-0.15, -0.1) is 10.2 Å². The van der Waals surface area contributed by atoms with Gasteiger partial charge < -0.3 is 4.90 Å². The number of nitrogens with zero attached hydrogens (tertiary/aromatic N) is 5. The molecule has 0 radical (unpaired) electrons. The van der Waals surface area contributed by atoms with E-state index < -0.39 is 0 Å². The van der Waals surface area contributed by atoms with E-state index >= 15 is 0 Å². The Morgan fingerprint density at radius 3 is 2.58 bits per heavy atom. The number of aromatic nitrogens is 3. The van der Waals surface area contributed by atoms with Gasteiger partial charge in [-0.1, -0.05) is 36.4 Å². The normalized spacial score (nSPS) is 17.6. The van der Waals surface area contributed by atoms with Crippen LogP contribution in [0, 0.1) is 0 Å². The molecule has 36 heavy (non-hydrogen) atoms. The Hall–Kier alpha value is -4.33. The summed E-state index contributed by atoms with van der Waals surface area (Å²) < 4.78 is 1.97. The van der Waals surface area contributed by atoms with E-state index in [0.29, 0.717) is 42.7 Å². The minimum atomic E-state index is -0.341. The van der Waals surface area contributed by atoms with Crippen molar-refractivity contribution in [3.05, 3.63) is 101 Å². The predicted molar refractivity (Wildman–Crippen MR) is 133 cm³/mol. The molecule has 2 aliphatic heterocycles. The number of hydrogen-bond donors (Lipinski definition) is 0. The largest absolute Gasteiger partial charge is 0.338 e. The third-order valence-corrected chi connectivity index (χ3v) is 7.10. The van der Waals surface area contributed by atoms with E-state index in [2.05, 4.69) is 10.2 Å². The first-order valence-electron chi connectivity index (χ1n) is 12.2. The molecule has 2 aliphatic rings. The highest BCUT2D eigenvalue weighted by molar-refractivity contribution is 6.22. The standard InChI is InChI=1S/C28H25N5O3/c34-26(31-14-6-9-21(18-31)25-30-29-24-10-4-5-15-32(24)25)20-11-12-22-23(17-20)28(36)33(27(22)35)16-13-19-7-2-1-3-8-19/h1-5,7-8,10-12,15,17,21H,6,9,13-14,16,18H2. The van der Waals surface area contributed by atoms with Crippen LogP contribution in [0.4, 0.5) is 0 Å². The van der Waals surface area contributed by atoms with Crippen LogP contribution < -0.4 is 0 Å². The molecule has 0 aliphatic carbocycles. The van der Waals surface area contributed by atoms with Gasteiger partial charge in [0, 0.05) is 37.3 Å². The summed E-state index contributed by atoms with van der Waals surface area (Å²) in [5.74, 6) is 0.145. The molecule has 3 amide bonds. The van der Waals surface area contributed by atoms with Crippen LogP contribution in [-0.4, -0.2) is 61.8 Å². The van der Waals surface area contributed by atoms with E-state index in [-0.39, 0.29) is 23.6 Å². The van der Waals surface area contributed by atoms with Crippen LogP contribution in [-0.2, 0) is 6.42 Å². The second-order valence-corrected chi connectivity index (χ2v) is 9.34. The molecule has 2 aromatic heterocycles. The van der Waals surface area contributed by atoms with Crippen molar-refractivity contribution in [2.45, 2.75) is 25.2 Å². The molecule has 8 heteroatoms. The summed E-state index contributed by atoms with van der Waals surface area (Å²) in [6.45, 7) is 1.47. The number of fused-ring (bicyclic) bond motifs is 2. The van der Waals surface area contributed by atoms with Crippen molar-refractivity contribution in [3.63, 3.8) is 0 Å². The van der Waals surface area contributed by atoms with Crippen molar-refractivity contribution >= 4 is 23.4 Å². The Bertz CT molecular complexity index is 1480. The summed E-state index contributed by atoms with van der Waals surface area (Å²) in [6, 6.07) is 20.4. The lowest BCUT2D eigenvalue weighted by molar-refractivity contribution is 0.0655. The van der Waals surface area contributed by atoms with Crippen molar-refractivity contribution in [3.8, 4) is 0 Å². The molecule has 2 aromatic carbocycles. The molecule has 1 fully saturated rings. The maximum Gasteiger partial charge on any atom is 0.261 e. The van der Waals surface area contributed by atoms with Gasteiger partial charge in [0.2, 0.25) is 0 Å². The van der Waals surface area contributed by atoms with Crippen LogP contribution in [0.5, 0.6) is 0 Å². The molecule has 6 rings (SSSR count). The zero-order valence-electron chi connectivity index (χ0n) is 19.7. The first-order chi connectivity index (χ1) is 17.6. The van der Waals surface area contributed by atoms with Crippen molar-refractivity contribution < 1.29 is 14.4 Å².